The molecule has 0 bridgehead atoms. The summed E-state index contributed by atoms with van der Waals surface area (Å²) >= 11 is 3.49. The lowest BCUT2D eigenvalue weighted by atomic mass is 10.1. The van der Waals surface area contributed by atoms with Gasteiger partial charge in [-0.25, -0.2) is 10.0 Å². The fourth-order valence-corrected chi connectivity index (χ4v) is 3.80. The van der Waals surface area contributed by atoms with Crippen LogP contribution in [0.15, 0.2) is 75.6 Å². The summed E-state index contributed by atoms with van der Waals surface area (Å²) < 4.78 is 17.9. The lowest BCUT2D eigenvalue weighted by Gasteiger charge is -2.13. The second-order valence-corrected chi connectivity index (χ2v) is 7.82. The molecule has 0 amide bonds. The number of halogens is 1. The van der Waals surface area contributed by atoms with Gasteiger partial charge in [-0.2, -0.15) is 5.23 Å². The molecule has 0 saturated heterocycles. The third-order valence-electron chi connectivity index (χ3n) is 4.83. The fourth-order valence-electron chi connectivity index (χ4n) is 3.36. The maximum Gasteiger partial charge on any atom is 0.342 e. The number of ether oxygens (including phenoxy) is 2. The Morgan fingerprint density at radius 3 is 2.62 bits per heavy atom. The zero-order valence-electron chi connectivity index (χ0n) is 17.1. The summed E-state index contributed by atoms with van der Waals surface area (Å²) in [6, 6.07) is 19.4. The molecule has 0 radical (unpaired) electrons. The van der Waals surface area contributed by atoms with Crippen LogP contribution in [0.25, 0.3) is 22.3 Å². The first-order valence-corrected chi connectivity index (χ1v) is 10.7. The van der Waals surface area contributed by atoms with Crippen LogP contribution in [0, 0.1) is 5.21 Å². The van der Waals surface area contributed by atoms with Gasteiger partial charge in [0.25, 0.3) is 0 Å². The minimum Gasteiger partial charge on any atom is -0.595 e. The number of furan rings is 1. The first-order chi connectivity index (χ1) is 15.5. The summed E-state index contributed by atoms with van der Waals surface area (Å²) in [6.07, 6.45) is 0. The second kappa shape index (κ2) is 9.54. The standard InChI is InChI=1S/C24H20BrNO6/c1-2-30-24(27)22-18-12-21(31-14-15-7-6-10-17(11-15)26(28)29)19(25)13-20(18)32-23(22)16-8-4-3-5-9-16/h3-13,26,28H,2,14H2,1H3. The molecule has 164 valence electrons. The number of benzene rings is 3. The number of hydrogen-bond donors (Lipinski definition) is 2. The van der Waals surface area contributed by atoms with Crippen molar-refractivity contribution in [3.05, 3.63) is 87.5 Å². The third kappa shape index (κ3) is 4.53. The smallest absolute Gasteiger partial charge is 0.342 e. The van der Waals surface area contributed by atoms with Crippen LogP contribution in [-0.2, 0) is 11.3 Å². The molecule has 0 aliphatic rings. The Hall–Kier alpha value is -3.17. The fraction of sp³-hybridized carbons (Fsp3) is 0.125. The van der Waals surface area contributed by atoms with E-state index >= 15 is 0 Å². The zero-order chi connectivity index (χ0) is 22.7. The van der Waals surface area contributed by atoms with Gasteiger partial charge < -0.3 is 19.1 Å². The van der Waals surface area contributed by atoms with Gasteiger partial charge in [0.15, 0.2) is 5.69 Å². The highest BCUT2D eigenvalue weighted by Crippen LogP contribution is 2.39. The highest BCUT2D eigenvalue weighted by Gasteiger charge is 2.24. The Kier molecular flexibility index (Phi) is 6.57. The maximum atomic E-state index is 12.8. The molecule has 8 heteroatoms. The van der Waals surface area contributed by atoms with E-state index < -0.39 is 11.2 Å². The molecule has 4 rings (SSSR count). The van der Waals surface area contributed by atoms with Crippen molar-refractivity contribution < 1.29 is 29.1 Å². The molecule has 0 saturated carbocycles. The maximum absolute atomic E-state index is 12.8. The van der Waals surface area contributed by atoms with Gasteiger partial charge in [-0.3, -0.25) is 0 Å². The number of rotatable bonds is 7. The molecule has 1 aromatic heterocycles. The summed E-state index contributed by atoms with van der Waals surface area (Å²) in [5.74, 6) is 0.439. The van der Waals surface area contributed by atoms with E-state index in [9.17, 15) is 15.2 Å². The van der Waals surface area contributed by atoms with Crippen LogP contribution in [0.5, 0.6) is 5.75 Å². The summed E-state index contributed by atoms with van der Waals surface area (Å²) in [5.41, 5.74) is 2.50. The molecule has 3 aromatic carbocycles. The Morgan fingerprint density at radius 2 is 1.91 bits per heavy atom. The van der Waals surface area contributed by atoms with E-state index in [1.807, 2.05) is 30.3 Å². The van der Waals surface area contributed by atoms with E-state index in [0.29, 0.717) is 38.1 Å². The third-order valence-corrected chi connectivity index (χ3v) is 5.45. The van der Waals surface area contributed by atoms with Crippen LogP contribution >= 0.6 is 15.9 Å². The van der Waals surface area contributed by atoms with Crippen molar-refractivity contribution in [1.82, 2.24) is 0 Å². The van der Waals surface area contributed by atoms with Gasteiger partial charge in [-0.1, -0.05) is 42.5 Å². The van der Waals surface area contributed by atoms with Crippen molar-refractivity contribution in [2.45, 2.75) is 13.5 Å². The van der Waals surface area contributed by atoms with Gasteiger partial charge in [0.05, 0.1) is 11.1 Å². The lowest BCUT2D eigenvalue weighted by molar-refractivity contribution is -0.991. The predicted octanol–water partition coefficient (Wildman–Crippen LogP) is 5.02. The van der Waals surface area contributed by atoms with Crippen molar-refractivity contribution >= 4 is 38.6 Å². The normalized spacial score (nSPS) is 12.0. The average Bonchev–Trinajstić information content (AvgIpc) is 3.16. The van der Waals surface area contributed by atoms with E-state index in [2.05, 4.69) is 15.9 Å². The highest BCUT2D eigenvalue weighted by molar-refractivity contribution is 9.10. The molecule has 0 aliphatic carbocycles. The minimum atomic E-state index is -1.000. The zero-order valence-corrected chi connectivity index (χ0v) is 18.7. The number of fused-ring (bicyclic) bond motifs is 1. The molecule has 1 heterocycles. The number of hydrogen-bond acceptors (Lipinski definition) is 6. The Balaban J connectivity index is 1.74. The van der Waals surface area contributed by atoms with Gasteiger partial charge in [-0.05, 0) is 40.5 Å². The second-order valence-electron chi connectivity index (χ2n) is 6.97. The van der Waals surface area contributed by atoms with Gasteiger partial charge >= 0.3 is 5.97 Å². The van der Waals surface area contributed by atoms with Crippen LogP contribution < -0.4 is 9.96 Å². The molecule has 7 nitrogen and oxygen atoms in total. The minimum absolute atomic E-state index is 0.156. The molecule has 0 spiro atoms. The number of quaternary nitrogens is 1. The predicted molar refractivity (Wildman–Crippen MR) is 122 cm³/mol. The molecular formula is C24H20BrNO6. The SMILES string of the molecule is CCOC(=O)c1c(-c2ccccc2)oc2cc(Br)c(OCc3cccc([NH+]([O-])O)c3)cc12. The molecule has 1 atom stereocenters. The van der Waals surface area contributed by atoms with E-state index in [-0.39, 0.29) is 18.9 Å². The van der Waals surface area contributed by atoms with Crippen LogP contribution in [0.2, 0.25) is 0 Å². The van der Waals surface area contributed by atoms with Crippen LogP contribution in [0.1, 0.15) is 22.8 Å². The van der Waals surface area contributed by atoms with Gasteiger partial charge in [0.2, 0.25) is 0 Å². The number of carbonyl (C=O) groups excluding carboxylic acids is 1. The Labute approximate surface area is 192 Å². The molecular weight excluding hydrogens is 478 g/mol. The van der Waals surface area contributed by atoms with E-state index in [1.54, 1.807) is 37.3 Å². The average molecular weight is 498 g/mol. The summed E-state index contributed by atoms with van der Waals surface area (Å²) in [5, 5.41) is 19.9. The molecule has 32 heavy (non-hydrogen) atoms. The summed E-state index contributed by atoms with van der Waals surface area (Å²) in [4.78, 5) is 12.8. The first kappa shape index (κ1) is 22.0. The monoisotopic (exact) mass is 497 g/mol. The van der Waals surface area contributed by atoms with E-state index in [4.69, 9.17) is 13.9 Å². The van der Waals surface area contributed by atoms with Gasteiger partial charge in [0.1, 0.15) is 29.3 Å². The first-order valence-electron chi connectivity index (χ1n) is 9.91. The van der Waals surface area contributed by atoms with Crippen molar-refractivity contribution in [3.63, 3.8) is 0 Å². The van der Waals surface area contributed by atoms with Crippen LogP contribution in [0.4, 0.5) is 5.69 Å². The highest BCUT2D eigenvalue weighted by atomic mass is 79.9. The van der Waals surface area contributed by atoms with E-state index in [0.717, 1.165) is 5.56 Å². The topological polar surface area (TPSA) is 96.4 Å². The van der Waals surface area contributed by atoms with Gasteiger partial charge in [0, 0.05) is 23.1 Å². The molecule has 2 N–H and O–H groups in total. The van der Waals surface area contributed by atoms with Gasteiger partial charge in [-0.15, -0.1) is 0 Å². The quantitative estimate of drug-likeness (QED) is 0.274. The molecule has 1 unspecified atom stereocenters. The molecule has 0 aliphatic heterocycles. The molecule has 0 fully saturated rings. The van der Waals surface area contributed by atoms with Crippen LogP contribution in [-0.4, -0.2) is 17.8 Å². The lowest BCUT2D eigenvalue weighted by Crippen LogP contribution is -2.99. The van der Waals surface area contributed by atoms with E-state index in [1.165, 1.54) is 6.07 Å². The summed E-state index contributed by atoms with van der Waals surface area (Å²) in [6.45, 7) is 2.14. The summed E-state index contributed by atoms with van der Waals surface area (Å²) in [7, 11) is 0. The number of nitrogens with one attached hydrogen (secondary N) is 1. The van der Waals surface area contributed by atoms with Crippen LogP contribution in [0.3, 0.4) is 0 Å². The largest absolute Gasteiger partial charge is 0.595 e. The Bertz CT molecular complexity index is 1250. The van der Waals surface area contributed by atoms with Crippen molar-refractivity contribution in [1.29, 1.82) is 0 Å². The number of esters is 1. The van der Waals surface area contributed by atoms with Crippen molar-refractivity contribution in [3.8, 4) is 17.1 Å². The number of carbonyl (C=O) groups is 1. The molecule has 4 aromatic rings. The van der Waals surface area contributed by atoms with Crippen molar-refractivity contribution in [2.24, 2.45) is 0 Å². The van der Waals surface area contributed by atoms with Crippen molar-refractivity contribution in [2.75, 3.05) is 6.61 Å². The Morgan fingerprint density at radius 1 is 1.12 bits per heavy atom.